The summed E-state index contributed by atoms with van der Waals surface area (Å²) in [5.41, 5.74) is 4.39. The summed E-state index contributed by atoms with van der Waals surface area (Å²) < 4.78 is 5.02. The number of carbonyl (C=O) groups excluding carboxylic acids is 2. The molecular formula is C20H22O3. The Morgan fingerprint density at radius 2 is 1.65 bits per heavy atom. The Kier molecular flexibility index (Phi) is 5.69. The zero-order valence-corrected chi connectivity index (χ0v) is 13.9. The van der Waals surface area contributed by atoms with E-state index in [1.807, 2.05) is 6.07 Å². The first-order valence-electron chi connectivity index (χ1n) is 7.88. The number of Topliss-reactive ketones (excluding diaryl/α,β-unsaturated/α-hetero) is 1. The number of esters is 1. The van der Waals surface area contributed by atoms with Gasteiger partial charge in [0.15, 0.2) is 5.78 Å². The van der Waals surface area contributed by atoms with Gasteiger partial charge in [0.05, 0.1) is 12.2 Å². The van der Waals surface area contributed by atoms with Gasteiger partial charge in [-0.15, -0.1) is 0 Å². The molecule has 0 radical (unpaired) electrons. The highest BCUT2D eigenvalue weighted by Gasteiger charge is 2.17. The van der Waals surface area contributed by atoms with Gasteiger partial charge in [0, 0.05) is 12.0 Å². The molecule has 2 rings (SSSR count). The summed E-state index contributed by atoms with van der Waals surface area (Å²) in [5.74, 6) is -0.477. The van der Waals surface area contributed by atoms with Crippen LogP contribution in [0.1, 0.15) is 50.8 Å². The van der Waals surface area contributed by atoms with Crippen LogP contribution < -0.4 is 0 Å². The molecule has 2 aromatic rings. The first kappa shape index (κ1) is 16.9. The first-order valence-corrected chi connectivity index (χ1v) is 7.88. The second-order valence-electron chi connectivity index (χ2n) is 5.61. The van der Waals surface area contributed by atoms with Crippen molar-refractivity contribution in [3.8, 4) is 0 Å². The van der Waals surface area contributed by atoms with E-state index in [2.05, 4.69) is 26.0 Å². The summed E-state index contributed by atoms with van der Waals surface area (Å²) in [6.07, 6.45) is 1.04. The van der Waals surface area contributed by atoms with Crippen molar-refractivity contribution in [3.63, 3.8) is 0 Å². The molecule has 0 aliphatic carbocycles. The third-order valence-corrected chi connectivity index (χ3v) is 3.93. The zero-order chi connectivity index (χ0) is 16.8. The van der Waals surface area contributed by atoms with Crippen LogP contribution in [0, 0.1) is 13.8 Å². The number of ketones is 1. The lowest BCUT2D eigenvalue weighted by Crippen LogP contribution is -2.12. The Hall–Kier alpha value is -2.42. The standard InChI is InChI=1S/C20H22O3/c1-4-23-20(22)18-8-6-5-7-17(18)19(21)12-11-16-10-9-14(2)15(3)13-16/h5-10,13H,4,11-12H2,1-3H3. The molecule has 0 aliphatic heterocycles. The summed E-state index contributed by atoms with van der Waals surface area (Å²) >= 11 is 0. The molecule has 0 unspecified atom stereocenters. The van der Waals surface area contributed by atoms with Gasteiger partial charge in [0.2, 0.25) is 0 Å². The highest BCUT2D eigenvalue weighted by Crippen LogP contribution is 2.16. The minimum absolute atomic E-state index is 0.0353. The number of benzene rings is 2. The van der Waals surface area contributed by atoms with Crippen molar-refractivity contribution in [1.82, 2.24) is 0 Å². The van der Waals surface area contributed by atoms with Gasteiger partial charge < -0.3 is 4.74 Å². The van der Waals surface area contributed by atoms with E-state index in [1.165, 1.54) is 11.1 Å². The van der Waals surface area contributed by atoms with Gasteiger partial charge >= 0.3 is 5.97 Å². The predicted molar refractivity (Wildman–Crippen MR) is 91.0 cm³/mol. The number of hydrogen-bond acceptors (Lipinski definition) is 3. The molecule has 0 saturated carbocycles. The Morgan fingerprint density at radius 1 is 0.957 bits per heavy atom. The van der Waals surface area contributed by atoms with E-state index in [-0.39, 0.29) is 5.78 Å². The summed E-state index contributed by atoms with van der Waals surface area (Å²) in [5, 5.41) is 0. The highest BCUT2D eigenvalue weighted by molar-refractivity contribution is 6.06. The van der Waals surface area contributed by atoms with E-state index in [4.69, 9.17) is 4.74 Å². The van der Waals surface area contributed by atoms with Crippen LogP contribution in [0.4, 0.5) is 0 Å². The molecular weight excluding hydrogens is 288 g/mol. The van der Waals surface area contributed by atoms with Gasteiger partial charge in [-0.1, -0.05) is 36.4 Å². The van der Waals surface area contributed by atoms with Gasteiger partial charge in [-0.25, -0.2) is 4.79 Å². The fraction of sp³-hybridized carbons (Fsp3) is 0.300. The van der Waals surface area contributed by atoms with Crippen molar-refractivity contribution in [1.29, 1.82) is 0 Å². The van der Waals surface area contributed by atoms with Crippen LogP contribution in [0.15, 0.2) is 42.5 Å². The average Bonchev–Trinajstić information content (AvgIpc) is 2.56. The summed E-state index contributed by atoms with van der Waals surface area (Å²) in [6.45, 7) is 6.18. The second kappa shape index (κ2) is 7.73. The van der Waals surface area contributed by atoms with Crippen molar-refractivity contribution in [2.24, 2.45) is 0 Å². The van der Waals surface area contributed by atoms with Crippen molar-refractivity contribution in [2.75, 3.05) is 6.61 Å². The molecule has 23 heavy (non-hydrogen) atoms. The predicted octanol–water partition coefficient (Wildman–Crippen LogP) is 4.30. The zero-order valence-electron chi connectivity index (χ0n) is 13.9. The van der Waals surface area contributed by atoms with Crippen molar-refractivity contribution >= 4 is 11.8 Å². The fourth-order valence-corrected chi connectivity index (χ4v) is 2.46. The topological polar surface area (TPSA) is 43.4 Å². The molecule has 0 atom stereocenters. The normalized spacial score (nSPS) is 10.4. The van der Waals surface area contributed by atoms with Crippen molar-refractivity contribution < 1.29 is 14.3 Å². The molecule has 0 aromatic heterocycles. The third kappa shape index (κ3) is 4.28. The van der Waals surface area contributed by atoms with Crippen molar-refractivity contribution in [3.05, 3.63) is 70.3 Å². The molecule has 120 valence electrons. The third-order valence-electron chi connectivity index (χ3n) is 3.93. The molecule has 2 aromatic carbocycles. The molecule has 0 spiro atoms. The van der Waals surface area contributed by atoms with Crippen LogP contribution in [-0.4, -0.2) is 18.4 Å². The quantitative estimate of drug-likeness (QED) is 0.590. The van der Waals surface area contributed by atoms with E-state index < -0.39 is 5.97 Å². The molecule has 0 amide bonds. The molecule has 0 fully saturated rings. The Bertz CT molecular complexity index is 717. The molecule has 3 heteroatoms. The van der Waals surface area contributed by atoms with Gasteiger partial charge in [-0.3, -0.25) is 4.79 Å². The van der Waals surface area contributed by atoms with Crippen molar-refractivity contribution in [2.45, 2.75) is 33.6 Å². The van der Waals surface area contributed by atoms with E-state index in [0.29, 0.717) is 30.6 Å². The van der Waals surface area contributed by atoms with Crippen LogP contribution in [0.2, 0.25) is 0 Å². The lowest BCUT2D eigenvalue weighted by molar-refractivity contribution is 0.0523. The van der Waals surface area contributed by atoms with Gasteiger partial charge in [-0.05, 0) is 49.9 Å². The maximum absolute atomic E-state index is 12.5. The largest absolute Gasteiger partial charge is 0.462 e. The van der Waals surface area contributed by atoms with Crippen LogP contribution >= 0.6 is 0 Å². The molecule has 3 nitrogen and oxygen atoms in total. The summed E-state index contributed by atoms with van der Waals surface area (Å²) in [4.78, 5) is 24.4. The Labute approximate surface area is 137 Å². The molecule has 0 N–H and O–H groups in total. The van der Waals surface area contributed by atoms with Gasteiger partial charge in [0.1, 0.15) is 0 Å². The van der Waals surface area contributed by atoms with Gasteiger partial charge in [0.25, 0.3) is 0 Å². The molecule has 0 bridgehead atoms. The fourth-order valence-electron chi connectivity index (χ4n) is 2.46. The minimum atomic E-state index is -0.442. The molecule has 0 heterocycles. The first-order chi connectivity index (χ1) is 11.0. The smallest absolute Gasteiger partial charge is 0.338 e. The lowest BCUT2D eigenvalue weighted by atomic mass is 9.97. The molecule has 0 saturated heterocycles. The summed E-state index contributed by atoms with van der Waals surface area (Å²) in [7, 11) is 0. The number of rotatable bonds is 6. The van der Waals surface area contributed by atoms with E-state index in [1.54, 1.807) is 31.2 Å². The van der Waals surface area contributed by atoms with Crippen LogP contribution in [0.25, 0.3) is 0 Å². The van der Waals surface area contributed by atoms with E-state index >= 15 is 0 Å². The maximum atomic E-state index is 12.5. The van der Waals surface area contributed by atoms with Crippen LogP contribution in [-0.2, 0) is 11.2 Å². The second-order valence-corrected chi connectivity index (χ2v) is 5.61. The highest BCUT2D eigenvalue weighted by atomic mass is 16.5. The van der Waals surface area contributed by atoms with Crippen LogP contribution in [0.5, 0.6) is 0 Å². The maximum Gasteiger partial charge on any atom is 0.338 e. The minimum Gasteiger partial charge on any atom is -0.462 e. The lowest BCUT2D eigenvalue weighted by Gasteiger charge is -2.09. The number of ether oxygens (including phenoxy) is 1. The Morgan fingerprint density at radius 3 is 2.30 bits per heavy atom. The Balaban J connectivity index is 2.11. The SMILES string of the molecule is CCOC(=O)c1ccccc1C(=O)CCc1ccc(C)c(C)c1. The monoisotopic (exact) mass is 310 g/mol. The number of carbonyl (C=O) groups is 2. The average molecular weight is 310 g/mol. The number of aryl methyl sites for hydroxylation is 3. The molecule has 0 aliphatic rings. The van der Waals surface area contributed by atoms with Crippen LogP contribution in [0.3, 0.4) is 0 Å². The van der Waals surface area contributed by atoms with E-state index in [9.17, 15) is 9.59 Å². The van der Waals surface area contributed by atoms with Gasteiger partial charge in [-0.2, -0.15) is 0 Å². The van der Waals surface area contributed by atoms with E-state index in [0.717, 1.165) is 5.56 Å². The number of hydrogen-bond donors (Lipinski definition) is 0. The summed E-state index contributed by atoms with van der Waals surface area (Å²) in [6, 6.07) is 13.1.